The first-order valence-electron chi connectivity index (χ1n) is 8.04. The van der Waals surface area contributed by atoms with Crippen molar-refractivity contribution >= 4 is 5.82 Å². The van der Waals surface area contributed by atoms with Gasteiger partial charge >= 0.3 is 0 Å². The standard InChI is InChI=1S/C17H29N3/c1-4-14-5-7-16(8-6-14)20(3)17-13(2)11-15(9-10-18)12-19-17/h11-12,14,16H,4-10,18H2,1-3H3. The van der Waals surface area contributed by atoms with Crippen LogP contribution in [0.3, 0.4) is 0 Å². The average Bonchev–Trinajstić information content (AvgIpc) is 2.47. The average molecular weight is 275 g/mol. The van der Waals surface area contributed by atoms with Gasteiger partial charge in [0.2, 0.25) is 0 Å². The fraction of sp³-hybridized carbons (Fsp3) is 0.706. The number of rotatable bonds is 5. The van der Waals surface area contributed by atoms with E-state index in [0.717, 1.165) is 18.2 Å². The van der Waals surface area contributed by atoms with Crippen molar-refractivity contribution in [3.05, 3.63) is 23.4 Å². The second kappa shape index (κ2) is 7.07. The maximum Gasteiger partial charge on any atom is 0.131 e. The quantitative estimate of drug-likeness (QED) is 0.896. The van der Waals surface area contributed by atoms with Crippen LogP contribution in [0, 0.1) is 12.8 Å². The topological polar surface area (TPSA) is 42.2 Å². The lowest BCUT2D eigenvalue weighted by Crippen LogP contribution is -2.36. The molecule has 20 heavy (non-hydrogen) atoms. The summed E-state index contributed by atoms with van der Waals surface area (Å²) in [6.07, 6.45) is 9.59. The lowest BCUT2D eigenvalue weighted by atomic mass is 9.84. The SMILES string of the molecule is CCC1CCC(N(C)c2ncc(CCN)cc2C)CC1. The Balaban J connectivity index is 2.03. The first kappa shape index (κ1) is 15.3. The van der Waals surface area contributed by atoms with Crippen LogP contribution in [-0.2, 0) is 6.42 Å². The molecule has 2 N–H and O–H groups in total. The molecule has 1 aliphatic carbocycles. The van der Waals surface area contributed by atoms with Gasteiger partial charge in [0.25, 0.3) is 0 Å². The first-order valence-corrected chi connectivity index (χ1v) is 8.04. The number of nitrogens with zero attached hydrogens (tertiary/aromatic N) is 2. The zero-order valence-electron chi connectivity index (χ0n) is 13.2. The molecule has 0 radical (unpaired) electrons. The second-order valence-corrected chi connectivity index (χ2v) is 6.22. The van der Waals surface area contributed by atoms with Gasteiger partial charge in [0.05, 0.1) is 0 Å². The first-order chi connectivity index (χ1) is 9.65. The van der Waals surface area contributed by atoms with Crippen LogP contribution in [0.5, 0.6) is 0 Å². The molecule has 0 bridgehead atoms. The van der Waals surface area contributed by atoms with Gasteiger partial charge in [-0.1, -0.05) is 19.4 Å². The van der Waals surface area contributed by atoms with Gasteiger partial charge in [-0.05, 0) is 62.6 Å². The van der Waals surface area contributed by atoms with Gasteiger partial charge in [0.1, 0.15) is 5.82 Å². The van der Waals surface area contributed by atoms with Gasteiger partial charge in [-0.25, -0.2) is 4.98 Å². The molecule has 112 valence electrons. The minimum Gasteiger partial charge on any atom is -0.356 e. The van der Waals surface area contributed by atoms with Crippen LogP contribution in [0.4, 0.5) is 5.82 Å². The highest BCUT2D eigenvalue weighted by molar-refractivity contribution is 5.47. The molecule has 1 saturated carbocycles. The van der Waals surface area contributed by atoms with Crippen LogP contribution < -0.4 is 10.6 Å². The minimum absolute atomic E-state index is 0.657. The molecular formula is C17H29N3. The van der Waals surface area contributed by atoms with Gasteiger partial charge in [0, 0.05) is 19.3 Å². The summed E-state index contributed by atoms with van der Waals surface area (Å²) in [4.78, 5) is 7.08. The van der Waals surface area contributed by atoms with E-state index < -0.39 is 0 Å². The van der Waals surface area contributed by atoms with Crippen LogP contribution in [0.1, 0.15) is 50.2 Å². The molecule has 0 aromatic carbocycles. The minimum atomic E-state index is 0.657. The monoisotopic (exact) mass is 275 g/mol. The molecule has 0 unspecified atom stereocenters. The molecule has 0 amide bonds. The smallest absolute Gasteiger partial charge is 0.131 e. The molecule has 1 aromatic rings. The Morgan fingerprint density at radius 3 is 2.55 bits per heavy atom. The van der Waals surface area contributed by atoms with E-state index in [1.54, 1.807) is 0 Å². The molecule has 0 spiro atoms. The third kappa shape index (κ3) is 3.51. The predicted molar refractivity (Wildman–Crippen MR) is 86.2 cm³/mol. The Morgan fingerprint density at radius 1 is 1.30 bits per heavy atom. The number of aryl methyl sites for hydroxylation is 1. The Kier molecular flexibility index (Phi) is 5.41. The van der Waals surface area contributed by atoms with Crippen LogP contribution >= 0.6 is 0 Å². The summed E-state index contributed by atoms with van der Waals surface area (Å²) in [5.41, 5.74) is 8.13. The van der Waals surface area contributed by atoms with Crippen molar-refractivity contribution in [1.82, 2.24) is 4.98 Å². The number of aromatic nitrogens is 1. The Morgan fingerprint density at radius 2 is 2.00 bits per heavy atom. The molecule has 0 aliphatic heterocycles. The third-order valence-corrected chi connectivity index (χ3v) is 4.82. The maximum atomic E-state index is 5.61. The molecular weight excluding hydrogens is 246 g/mol. The maximum absolute atomic E-state index is 5.61. The second-order valence-electron chi connectivity index (χ2n) is 6.22. The van der Waals surface area contributed by atoms with E-state index in [4.69, 9.17) is 5.73 Å². The fourth-order valence-electron chi connectivity index (χ4n) is 3.41. The number of hydrogen-bond acceptors (Lipinski definition) is 3. The Bertz CT molecular complexity index is 422. The predicted octanol–water partition coefficient (Wildman–Crippen LogP) is 3.30. The van der Waals surface area contributed by atoms with Crippen LogP contribution in [0.2, 0.25) is 0 Å². The summed E-state index contributed by atoms with van der Waals surface area (Å²) >= 11 is 0. The molecule has 1 heterocycles. The van der Waals surface area contributed by atoms with Crippen LogP contribution in [0.15, 0.2) is 12.3 Å². The molecule has 2 rings (SSSR count). The summed E-state index contributed by atoms with van der Waals surface area (Å²) < 4.78 is 0. The summed E-state index contributed by atoms with van der Waals surface area (Å²) in [7, 11) is 2.20. The number of hydrogen-bond donors (Lipinski definition) is 1. The summed E-state index contributed by atoms with van der Waals surface area (Å²) in [6.45, 7) is 5.17. The van der Waals surface area contributed by atoms with Crippen molar-refractivity contribution in [1.29, 1.82) is 0 Å². The highest BCUT2D eigenvalue weighted by Crippen LogP contribution is 2.31. The van der Waals surface area contributed by atoms with E-state index in [2.05, 4.69) is 36.8 Å². The fourth-order valence-corrected chi connectivity index (χ4v) is 3.41. The lowest BCUT2D eigenvalue weighted by molar-refractivity contribution is 0.312. The largest absolute Gasteiger partial charge is 0.356 e. The van der Waals surface area contributed by atoms with Crippen molar-refractivity contribution in [3.63, 3.8) is 0 Å². The lowest BCUT2D eigenvalue weighted by Gasteiger charge is -2.35. The van der Waals surface area contributed by atoms with E-state index in [-0.39, 0.29) is 0 Å². The molecule has 3 nitrogen and oxygen atoms in total. The zero-order valence-corrected chi connectivity index (χ0v) is 13.2. The van der Waals surface area contributed by atoms with Crippen LogP contribution in [-0.4, -0.2) is 24.6 Å². The van der Waals surface area contributed by atoms with E-state index in [1.807, 2.05) is 6.20 Å². The number of anilines is 1. The summed E-state index contributed by atoms with van der Waals surface area (Å²) in [5, 5.41) is 0. The van der Waals surface area contributed by atoms with Gasteiger partial charge in [-0.2, -0.15) is 0 Å². The van der Waals surface area contributed by atoms with E-state index in [0.29, 0.717) is 12.6 Å². The van der Waals surface area contributed by atoms with Gasteiger partial charge < -0.3 is 10.6 Å². The van der Waals surface area contributed by atoms with E-state index >= 15 is 0 Å². The summed E-state index contributed by atoms with van der Waals surface area (Å²) in [5.74, 6) is 2.09. The number of pyridine rings is 1. The van der Waals surface area contributed by atoms with Crippen LogP contribution in [0.25, 0.3) is 0 Å². The third-order valence-electron chi connectivity index (χ3n) is 4.82. The number of nitrogens with two attached hydrogens (primary N) is 1. The molecule has 1 aliphatic rings. The van der Waals surface area contributed by atoms with Gasteiger partial charge in [-0.3, -0.25) is 0 Å². The molecule has 1 fully saturated rings. The van der Waals surface area contributed by atoms with Crippen molar-refractivity contribution < 1.29 is 0 Å². The Hall–Kier alpha value is -1.09. The molecule has 0 atom stereocenters. The highest BCUT2D eigenvalue weighted by Gasteiger charge is 2.24. The Labute approximate surface area is 123 Å². The normalized spacial score (nSPS) is 22.8. The van der Waals surface area contributed by atoms with Crippen molar-refractivity contribution in [2.24, 2.45) is 11.7 Å². The molecule has 1 aromatic heterocycles. The molecule has 3 heteroatoms. The van der Waals surface area contributed by atoms with E-state index in [9.17, 15) is 0 Å². The molecule has 0 saturated heterocycles. The van der Waals surface area contributed by atoms with Gasteiger partial charge in [-0.15, -0.1) is 0 Å². The van der Waals surface area contributed by atoms with Crippen molar-refractivity contribution in [2.45, 2.75) is 58.4 Å². The van der Waals surface area contributed by atoms with E-state index in [1.165, 1.54) is 43.2 Å². The zero-order chi connectivity index (χ0) is 14.5. The van der Waals surface area contributed by atoms with Crippen molar-refractivity contribution in [2.75, 3.05) is 18.5 Å². The summed E-state index contributed by atoms with van der Waals surface area (Å²) in [6, 6.07) is 2.90. The highest BCUT2D eigenvalue weighted by atomic mass is 15.2. The van der Waals surface area contributed by atoms with Crippen molar-refractivity contribution in [3.8, 4) is 0 Å². The van der Waals surface area contributed by atoms with Gasteiger partial charge in [0.15, 0.2) is 0 Å².